The number of hydrogen-bond acceptors (Lipinski definition) is 3. The highest BCUT2D eigenvalue weighted by atomic mass is 16.3. The van der Waals surface area contributed by atoms with Crippen molar-refractivity contribution in [2.24, 2.45) is 5.92 Å². The molecular weight excluding hydrogens is 262 g/mol. The van der Waals surface area contributed by atoms with Crippen LogP contribution in [0.3, 0.4) is 0 Å². The van der Waals surface area contributed by atoms with Crippen LogP contribution in [0, 0.1) is 33.6 Å². The van der Waals surface area contributed by atoms with Crippen molar-refractivity contribution in [3.8, 4) is 0 Å². The van der Waals surface area contributed by atoms with Crippen LogP contribution >= 0.6 is 0 Å². The molecule has 0 radical (unpaired) electrons. The lowest BCUT2D eigenvalue weighted by Gasteiger charge is -2.05. The number of nitrogens with one attached hydrogen (secondary N) is 1. The monoisotopic (exact) mass is 289 g/mol. The van der Waals surface area contributed by atoms with Crippen molar-refractivity contribution in [2.75, 3.05) is 6.54 Å². The molecule has 0 aliphatic carbocycles. The minimum atomic E-state index is 0.661. The Hall–Kier alpha value is -1.55. The molecule has 0 amide bonds. The normalized spacial score (nSPS) is 11.6. The molecule has 4 nitrogen and oxygen atoms in total. The molecule has 0 aliphatic rings. The van der Waals surface area contributed by atoms with E-state index in [1.165, 1.54) is 16.8 Å². The van der Waals surface area contributed by atoms with E-state index in [1.807, 2.05) is 18.5 Å². The van der Waals surface area contributed by atoms with Crippen LogP contribution in [0.4, 0.5) is 0 Å². The van der Waals surface area contributed by atoms with Gasteiger partial charge in [0.25, 0.3) is 0 Å². The number of nitrogens with zero attached hydrogens (tertiary/aromatic N) is 2. The third kappa shape index (κ3) is 3.76. The molecule has 4 heteroatoms. The minimum Gasteiger partial charge on any atom is -0.464 e. The lowest BCUT2D eigenvalue weighted by Crippen LogP contribution is -2.19. The van der Waals surface area contributed by atoms with Gasteiger partial charge in [0.1, 0.15) is 11.5 Å². The summed E-state index contributed by atoms with van der Waals surface area (Å²) in [7, 11) is 0. The number of aromatic nitrogens is 2. The molecule has 0 saturated carbocycles. The second kappa shape index (κ2) is 6.48. The van der Waals surface area contributed by atoms with Gasteiger partial charge in [-0.2, -0.15) is 5.10 Å². The van der Waals surface area contributed by atoms with Crippen LogP contribution in [-0.4, -0.2) is 16.3 Å². The van der Waals surface area contributed by atoms with Gasteiger partial charge >= 0.3 is 0 Å². The third-order valence-corrected chi connectivity index (χ3v) is 3.99. The first-order chi connectivity index (χ1) is 9.88. The topological polar surface area (TPSA) is 43.0 Å². The maximum atomic E-state index is 5.88. The smallest absolute Gasteiger partial charge is 0.125 e. The van der Waals surface area contributed by atoms with Crippen molar-refractivity contribution in [1.82, 2.24) is 15.1 Å². The molecule has 0 bridgehead atoms. The van der Waals surface area contributed by atoms with E-state index in [1.54, 1.807) is 0 Å². The highest BCUT2D eigenvalue weighted by Gasteiger charge is 2.12. The highest BCUT2D eigenvalue weighted by Crippen LogP contribution is 2.18. The van der Waals surface area contributed by atoms with E-state index in [-0.39, 0.29) is 0 Å². The van der Waals surface area contributed by atoms with Gasteiger partial charge in [0.15, 0.2) is 0 Å². The molecule has 0 aliphatic heterocycles. The largest absolute Gasteiger partial charge is 0.464 e. The predicted octanol–water partition coefficient (Wildman–Crippen LogP) is 3.50. The molecule has 2 aromatic rings. The second-order valence-electron chi connectivity index (χ2n) is 6.27. The molecule has 0 spiro atoms. The number of aryl methyl sites for hydroxylation is 2. The van der Waals surface area contributed by atoms with Crippen molar-refractivity contribution >= 4 is 0 Å². The third-order valence-electron chi connectivity index (χ3n) is 3.99. The van der Waals surface area contributed by atoms with Crippen LogP contribution in [0.1, 0.15) is 47.9 Å². The zero-order valence-corrected chi connectivity index (χ0v) is 14.1. The Morgan fingerprint density at radius 1 is 1.24 bits per heavy atom. The van der Waals surface area contributed by atoms with E-state index in [0.29, 0.717) is 12.5 Å². The van der Waals surface area contributed by atoms with Crippen LogP contribution in [0.2, 0.25) is 0 Å². The molecule has 21 heavy (non-hydrogen) atoms. The van der Waals surface area contributed by atoms with Crippen molar-refractivity contribution in [2.45, 2.75) is 54.6 Å². The first kappa shape index (κ1) is 15.8. The number of furan rings is 1. The van der Waals surface area contributed by atoms with Crippen LogP contribution in [0.5, 0.6) is 0 Å². The van der Waals surface area contributed by atoms with Gasteiger partial charge < -0.3 is 9.73 Å². The summed E-state index contributed by atoms with van der Waals surface area (Å²) in [5.41, 5.74) is 4.80. The molecule has 0 aromatic carbocycles. The van der Waals surface area contributed by atoms with Crippen molar-refractivity contribution in [1.29, 1.82) is 0 Å². The van der Waals surface area contributed by atoms with Crippen molar-refractivity contribution in [3.05, 3.63) is 40.1 Å². The molecule has 0 unspecified atom stereocenters. The van der Waals surface area contributed by atoms with Gasteiger partial charge in [-0.25, -0.2) is 0 Å². The second-order valence-corrected chi connectivity index (χ2v) is 6.27. The first-order valence-electron chi connectivity index (χ1n) is 7.68. The summed E-state index contributed by atoms with van der Waals surface area (Å²) in [5, 5.41) is 8.03. The summed E-state index contributed by atoms with van der Waals surface area (Å²) < 4.78 is 7.90. The Morgan fingerprint density at radius 3 is 2.52 bits per heavy atom. The fourth-order valence-corrected chi connectivity index (χ4v) is 2.42. The van der Waals surface area contributed by atoms with Gasteiger partial charge in [-0.1, -0.05) is 13.8 Å². The Morgan fingerprint density at radius 2 is 1.95 bits per heavy atom. The van der Waals surface area contributed by atoms with Gasteiger partial charge in [-0.15, -0.1) is 0 Å². The van der Waals surface area contributed by atoms with E-state index >= 15 is 0 Å². The van der Waals surface area contributed by atoms with E-state index in [0.717, 1.165) is 30.3 Å². The summed E-state index contributed by atoms with van der Waals surface area (Å²) in [6.07, 6.45) is 0. The Balaban J connectivity index is 2.06. The van der Waals surface area contributed by atoms with Crippen molar-refractivity contribution in [3.63, 3.8) is 0 Å². The van der Waals surface area contributed by atoms with Crippen LogP contribution in [0.25, 0.3) is 0 Å². The maximum Gasteiger partial charge on any atom is 0.125 e. The van der Waals surface area contributed by atoms with Crippen LogP contribution in [-0.2, 0) is 13.1 Å². The van der Waals surface area contributed by atoms with Gasteiger partial charge in [-0.3, -0.25) is 4.68 Å². The van der Waals surface area contributed by atoms with Gasteiger partial charge in [0.05, 0.1) is 12.2 Å². The zero-order chi connectivity index (χ0) is 15.6. The standard InChI is InChI=1S/C17H27N3O/c1-11(2)8-18-9-16-7-17(21-15(16)6)10-20-14(5)12(3)13(4)19-20/h7,11,18H,8-10H2,1-6H3. The number of hydrogen-bond donors (Lipinski definition) is 1. The van der Waals surface area contributed by atoms with E-state index < -0.39 is 0 Å². The lowest BCUT2D eigenvalue weighted by molar-refractivity contribution is 0.452. The SMILES string of the molecule is Cc1nn(Cc2cc(CNCC(C)C)c(C)o2)c(C)c1C. The molecule has 116 valence electrons. The minimum absolute atomic E-state index is 0.661. The molecule has 1 N–H and O–H groups in total. The van der Waals surface area contributed by atoms with Gasteiger partial charge in [0, 0.05) is 17.8 Å². The molecule has 2 heterocycles. The fraction of sp³-hybridized carbons (Fsp3) is 0.588. The maximum absolute atomic E-state index is 5.88. The summed E-state index contributed by atoms with van der Waals surface area (Å²) in [4.78, 5) is 0. The van der Waals surface area contributed by atoms with E-state index in [4.69, 9.17) is 4.42 Å². The van der Waals surface area contributed by atoms with E-state index in [2.05, 4.69) is 44.2 Å². The van der Waals surface area contributed by atoms with Crippen LogP contribution in [0.15, 0.2) is 10.5 Å². The molecular formula is C17H27N3O. The molecule has 0 atom stereocenters. The quantitative estimate of drug-likeness (QED) is 0.885. The molecule has 2 rings (SSSR count). The summed E-state index contributed by atoms with van der Waals surface area (Å²) in [6, 6.07) is 2.15. The summed E-state index contributed by atoms with van der Waals surface area (Å²) in [5.74, 6) is 2.63. The molecule has 0 saturated heterocycles. The van der Waals surface area contributed by atoms with E-state index in [9.17, 15) is 0 Å². The molecule has 2 aromatic heterocycles. The van der Waals surface area contributed by atoms with Gasteiger partial charge in [0.2, 0.25) is 0 Å². The fourth-order valence-electron chi connectivity index (χ4n) is 2.42. The first-order valence-corrected chi connectivity index (χ1v) is 7.68. The average molecular weight is 289 g/mol. The lowest BCUT2D eigenvalue weighted by atomic mass is 10.2. The van der Waals surface area contributed by atoms with Crippen molar-refractivity contribution < 1.29 is 4.42 Å². The summed E-state index contributed by atoms with van der Waals surface area (Å²) in [6.45, 7) is 15.3. The summed E-state index contributed by atoms with van der Waals surface area (Å²) >= 11 is 0. The Bertz CT molecular complexity index is 608. The average Bonchev–Trinajstić information content (AvgIpc) is 2.86. The Kier molecular flexibility index (Phi) is 4.88. The molecule has 0 fully saturated rings. The predicted molar refractivity (Wildman–Crippen MR) is 85.5 cm³/mol. The van der Waals surface area contributed by atoms with Crippen LogP contribution < -0.4 is 5.32 Å². The highest BCUT2D eigenvalue weighted by molar-refractivity contribution is 5.24. The number of rotatable bonds is 6. The zero-order valence-electron chi connectivity index (χ0n) is 14.1. The Labute approximate surface area is 127 Å². The van der Waals surface area contributed by atoms with Gasteiger partial charge in [-0.05, 0) is 51.8 Å².